The molecule has 12 heteroatoms. The second-order valence-electron chi connectivity index (χ2n) is 14.4. The minimum absolute atomic E-state index is 0.000750. The molecular weight excluding hydrogens is 653 g/mol. The molecule has 2 aromatic carbocycles. The molecule has 0 bridgehead atoms. The number of ether oxygens (including phenoxy) is 1. The summed E-state index contributed by atoms with van der Waals surface area (Å²) in [6.45, 7) is 4.29. The molecule has 3 aliphatic carbocycles. The average Bonchev–Trinajstić information content (AvgIpc) is 4.07. The third kappa shape index (κ3) is 5.71. The SMILES string of the molecule is CCN(CCNC(=O)C12CC1c1cc(OC)ccc1-c1c(C3CCCCC3)c3ccc(C(=O)NS(=O)(=O)C4CC4)cc3n1C2)c1cnccn1. The number of fused-ring (bicyclic) bond motifs is 7. The molecule has 8 rings (SSSR count). The molecule has 4 aromatic rings. The van der Waals surface area contributed by atoms with Crippen molar-refractivity contribution in [1.29, 1.82) is 0 Å². The predicted molar refractivity (Wildman–Crippen MR) is 192 cm³/mol. The summed E-state index contributed by atoms with van der Waals surface area (Å²) >= 11 is 0. The summed E-state index contributed by atoms with van der Waals surface area (Å²) in [5, 5.41) is 3.84. The van der Waals surface area contributed by atoms with Crippen molar-refractivity contribution >= 4 is 38.6 Å². The van der Waals surface area contributed by atoms with E-state index in [1.165, 1.54) is 12.0 Å². The Labute approximate surface area is 292 Å². The van der Waals surface area contributed by atoms with Gasteiger partial charge in [-0.3, -0.25) is 14.6 Å². The van der Waals surface area contributed by atoms with E-state index in [4.69, 9.17) is 4.74 Å². The van der Waals surface area contributed by atoms with Gasteiger partial charge in [-0.25, -0.2) is 18.1 Å². The van der Waals surface area contributed by atoms with Gasteiger partial charge in [-0.15, -0.1) is 0 Å². The highest BCUT2D eigenvalue weighted by Crippen LogP contribution is 2.65. The standard InChI is InChI=1S/C38H44N6O5S/c1-3-43(33-22-39-15-16-40-33)18-17-41-37(46)38-21-31(38)30-20-26(49-2)10-14-28(30)35-34(24-7-5-4-6-8-24)29-13-9-25(19-32(29)44(35)23-38)36(45)42-50(47,48)27-11-12-27/h9-10,13-16,19-20,22,24,27,31H,3-8,11-12,17-18,21,23H2,1-2H3,(H,41,46)(H,42,45). The molecule has 3 saturated carbocycles. The molecule has 2 atom stereocenters. The van der Waals surface area contributed by atoms with Crippen LogP contribution in [-0.4, -0.2) is 66.8 Å². The quantitative estimate of drug-likeness (QED) is 0.210. The van der Waals surface area contributed by atoms with Crippen molar-refractivity contribution in [3.05, 3.63) is 71.7 Å². The minimum atomic E-state index is -3.71. The van der Waals surface area contributed by atoms with Crippen molar-refractivity contribution < 1.29 is 22.7 Å². The van der Waals surface area contributed by atoms with E-state index in [-0.39, 0.29) is 11.8 Å². The summed E-state index contributed by atoms with van der Waals surface area (Å²) in [6.07, 6.45) is 12.6. The van der Waals surface area contributed by atoms with E-state index in [0.29, 0.717) is 50.4 Å². The fraction of sp³-hybridized carbons (Fsp3) is 0.474. The Kier molecular flexibility index (Phi) is 8.32. The van der Waals surface area contributed by atoms with E-state index in [0.717, 1.165) is 71.5 Å². The minimum Gasteiger partial charge on any atom is -0.497 e. The molecule has 1 aliphatic heterocycles. The van der Waals surface area contributed by atoms with Gasteiger partial charge in [0.15, 0.2) is 0 Å². The number of hydrogen-bond donors (Lipinski definition) is 2. The zero-order valence-corrected chi connectivity index (χ0v) is 29.5. The lowest BCUT2D eigenvalue weighted by molar-refractivity contribution is -0.126. The molecular formula is C38H44N6O5S. The van der Waals surface area contributed by atoms with Crippen LogP contribution in [0.25, 0.3) is 22.2 Å². The van der Waals surface area contributed by atoms with Crippen molar-refractivity contribution in [1.82, 2.24) is 24.6 Å². The molecule has 3 heterocycles. The summed E-state index contributed by atoms with van der Waals surface area (Å²) in [4.78, 5) is 38.5. The number of carbonyl (C=O) groups excluding carboxylic acids is 2. The highest BCUT2D eigenvalue weighted by molar-refractivity contribution is 7.91. The number of rotatable bonds is 11. The van der Waals surface area contributed by atoms with Crippen molar-refractivity contribution in [2.24, 2.45) is 5.41 Å². The molecule has 2 aromatic heterocycles. The number of sulfonamides is 1. The highest BCUT2D eigenvalue weighted by Gasteiger charge is 2.62. The van der Waals surface area contributed by atoms with Crippen LogP contribution >= 0.6 is 0 Å². The average molecular weight is 697 g/mol. The van der Waals surface area contributed by atoms with Crippen molar-refractivity contribution in [2.75, 3.05) is 31.6 Å². The summed E-state index contributed by atoms with van der Waals surface area (Å²) in [5.41, 5.74) is 5.04. The first-order chi connectivity index (χ1) is 24.2. The van der Waals surface area contributed by atoms with Crippen LogP contribution in [0.2, 0.25) is 0 Å². The molecule has 0 saturated heterocycles. The Morgan fingerprint density at radius 3 is 2.60 bits per heavy atom. The molecule has 0 spiro atoms. The highest BCUT2D eigenvalue weighted by atomic mass is 32.2. The van der Waals surface area contributed by atoms with E-state index < -0.39 is 26.6 Å². The second-order valence-corrected chi connectivity index (χ2v) is 16.3. The number of anilines is 1. The number of benzene rings is 2. The first kappa shape index (κ1) is 32.7. The Hall–Kier alpha value is -4.45. The van der Waals surface area contributed by atoms with Gasteiger partial charge in [-0.1, -0.05) is 25.3 Å². The van der Waals surface area contributed by atoms with E-state index in [2.05, 4.69) is 48.5 Å². The van der Waals surface area contributed by atoms with Gasteiger partial charge in [0.25, 0.3) is 5.91 Å². The number of amides is 2. The van der Waals surface area contributed by atoms with Crippen LogP contribution in [-0.2, 0) is 21.4 Å². The van der Waals surface area contributed by atoms with E-state index in [1.807, 2.05) is 18.2 Å². The summed E-state index contributed by atoms with van der Waals surface area (Å²) in [7, 11) is -2.04. The van der Waals surface area contributed by atoms with Gasteiger partial charge in [0.1, 0.15) is 11.6 Å². The zero-order chi connectivity index (χ0) is 34.6. The van der Waals surface area contributed by atoms with Crippen LogP contribution in [0.4, 0.5) is 5.82 Å². The maximum Gasteiger partial charge on any atom is 0.264 e. The van der Waals surface area contributed by atoms with Crippen LogP contribution in [0, 0.1) is 5.41 Å². The summed E-state index contributed by atoms with van der Waals surface area (Å²) in [5.74, 6) is 1.25. The normalized spacial score (nSPS) is 21.4. The Morgan fingerprint density at radius 2 is 1.88 bits per heavy atom. The number of nitrogens with one attached hydrogen (secondary N) is 2. The fourth-order valence-electron chi connectivity index (χ4n) is 8.46. The number of nitrogens with zero attached hydrogens (tertiary/aromatic N) is 4. The lowest BCUT2D eigenvalue weighted by Gasteiger charge is -2.24. The van der Waals surface area contributed by atoms with E-state index >= 15 is 0 Å². The third-order valence-corrected chi connectivity index (χ3v) is 13.2. The van der Waals surface area contributed by atoms with Crippen molar-refractivity contribution in [2.45, 2.75) is 81.9 Å². The lowest BCUT2D eigenvalue weighted by Crippen LogP contribution is -2.40. The first-order valence-corrected chi connectivity index (χ1v) is 19.5. The van der Waals surface area contributed by atoms with Crippen LogP contribution < -0.4 is 19.7 Å². The van der Waals surface area contributed by atoms with Crippen LogP contribution in [0.1, 0.15) is 91.6 Å². The van der Waals surface area contributed by atoms with E-state index in [1.54, 1.807) is 31.8 Å². The zero-order valence-electron chi connectivity index (χ0n) is 28.7. The summed E-state index contributed by atoms with van der Waals surface area (Å²) < 4.78 is 35.7. The molecule has 50 heavy (non-hydrogen) atoms. The second kappa shape index (κ2) is 12.7. The Bertz CT molecular complexity index is 2070. The monoisotopic (exact) mass is 696 g/mol. The predicted octanol–water partition coefficient (Wildman–Crippen LogP) is 5.51. The van der Waals surface area contributed by atoms with Crippen molar-refractivity contribution in [3.63, 3.8) is 0 Å². The summed E-state index contributed by atoms with van der Waals surface area (Å²) in [6, 6.07) is 11.8. The Morgan fingerprint density at radius 1 is 1.06 bits per heavy atom. The largest absolute Gasteiger partial charge is 0.497 e. The van der Waals surface area contributed by atoms with Gasteiger partial charge in [-0.2, -0.15) is 0 Å². The van der Waals surface area contributed by atoms with Crippen molar-refractivity contribution in [3.8, 4) is 17.0 Å². The first-order valence-electron chi connectivity index (χ1n) is 17.9. The van der Waals surface area contributed by atoms with Gasteiger partial charge >= 0.3 is 0 Å². The number of likely N-dealkylation sites (N-methyl/N-ethyl adjacent to an activating group) is 1. The molecule has 2 unspecified atom stereocenters. The number of hydrogen-bond acceptors (Lipinski definition) is 8. The molecule has 2 amide bonds. The number of carbonyl (C=O) groups is 2. The number of aromatic nitrogens is 3. The molecule has 11 nitrogen and oxygen atoms in total. The smallest absolute Gasteiger partial charge is 0.264 e. The van der Waals surface area contributed by atoms with Gasteiger partial charge < -0.3 is 19.5 Å². The lowest BCUT2D eigenvalue weighted by atomic mass is 9.81. The van der Waals surface area contributed by atoms with Crippen LogP contribution in [0.3, 0.4) is 0 Å². The van der Waals surface area contributed by atoms with Gasteiger partial charge in [0.2, 0.25) is 15.9 Å². The number of methoxy groups -OCH3 is 1. The topological polar surface area (TPSA) is 136 Å². The molecule has 2 N–H and O–H groups in total. The van der Waals surface area contributed by atoms with Gasteiger partial charge in [-0.05, 0) is 86.4 Å². The van der Waals surface area contributed by atoms with Gasteiger partial charge in [0.05, 0.1) is 29.7 Å². The molecule has 4 aliphatic rings. The molecule has 262 valence electrons. The third-order valence-electron chi connectivity index (χ3n) is 11.4. The van der Waals surface area contributed by atoms with E-state index in [9.17, 15) is 18.0 Å². The fourth-order valence-corrected chi connectivity index (χ4v) is 9.76. The molecule has 0 radical (unpaired) electrons. The maximum atomic E-state index is 14.4. The van der Waals surface area contributed by atoms with Gasteiger partial charge in [0, 0.05) is 66.5 Å². The molecule has 3 fully saturated rings. The van der Waals surface area contributed by atoms with Crippen LogP contribution in [0.15, 0.2) is 55.0 Å². The van der Waals surface area contributed by atoms with Crippen LogP contribution in [0.5, 0.6) is 5.75 Å². The Balaban J connectivity index is 1.21. The maximum absolute atomic E-state index is 14.4.